The van der Waals surface area contributed by atoms with Gasteiger partial charge in [0.2, 0.25) is 5.91 Å². The van der Waals surface area contributed by atoms with E-state index >= 15 is 0 Å². The number of aliphatic hydroxyl groups is 1. The van der Waals surface area contributed by atoms with E-state index in [4.69, 9.17) is 10.2 Å². The van der Waals surface area contributed by atoms with E-state index in [1.807, 2.05) is 6.92 Å². The van der Waals surface area contributed by atoms with Gasteiger partial charge in [-0.2, -0.15) is 0 Å². The second-order valence-corrected chi connectivity index (χ2v) is 4.49. The van der Waals surface area contributed by atoms with Crippen LogP contribution in [0.3, 0.4) is 0 Å². The molecule has 0 saturated carbocycles. The molecule has 0 aromatic carbocycles. The number of piperidine rings is 1. The van der Waals surface area contributed by atoms with Crippen LogP contribution in [-0.4, -0.2) is 47.3 Å². The van der Waals surface area contributed by atoms with Crippen LogP contribution in [0.25, 0.3) is 0 Å². The number of aliphatic hydroxyl groups excluding tert-OH is 1. The van der Waals surface area contributed by atoms with Gasteiger partial charge in [0.25, 0.3) is 0 Å². The largest absolute Gasteiger partial charge is 0.480 e. The van der Waals surface area contributed by atoms with Gasteiger partial charge < -0.3 is 20.8 Å². The molecule has 98 valence electrons. The summed E-state index contributed by atoms with van der Waals surface area (Å²) < 4.78 is 0. The number of hydrogen-bond donors (Lipinski definition) is 4. The molecule has 6 nitrogen and oxygen atoms in total. The van der Waals surface area contributed by atoms with E-state index in [1.165, 1.54) is 0 Å². The summed E-state index contributed by atoms with van der Waals surface area (Å²) in [6.07, 6.45) is 1.49. The summed E-state index contributed by atoms with van der Waals surface area (Å²) in [5.41, 5.74) is 0. The average molecular weight is 244 g/mol. The van der Waals surface area contributed by atoms with Crippen molar-refractivity contribution >= 4 is 11.9 Å². The van der Waals surface area contributed by atoms with E-state index in [-0.39, 0.29) is 30.9 Å². The summed E-state index contributed by atoms with van der Waals surface area (Å²) in [5, 5.41) is 23.3. The van der Waals surface area contributed by atoms with Crippen LogP contribution in [0, 0.1) is 5.92 Å². The molecule has 4 N–H and O–H groups in total. The molecule has 0 aromatic rings. The van der Waals surface area contributed by atoms with Gasteiger partial charge in [-0.05, 0) is 26.3 Å². The summed E-state index contributed by atoms with van der Waals surface area (Å²) >= 11 is 0. The zero-order valence-corrected chi connectivity index (χ0v) is 9.98. The highest BCUT2D eigenvalue weighted by molar-refractivity contribution is 5.85. The molecule has 1 rings (SSSR count). The monoisotopic (exact) mass is 244 g/mol. The Kier molecular flexibility index (Phi) is 5.37. The molecule has 17 heavy (non-hydrogen) atoms. The molecule has 0 radical (unpaired) electrons. The lowest BCUT2D eigenvalue weighted by Crippen LogP contribution is -2.47. The first-order chi connectivity index (χ1) is 8.04. The van der Waals surface area contributed by atoms with Crippen molar-refractivity contribution in [2.45, 2.75) is 38.3 Å². The third-order valence-corrected chi connectivity index (χ3v) is 3.03. The highest BCUT2D eigenvalue weighted by Gasteiger charge is 2.28. The Morgan fingerprint density at radius 3 is 2.76 bits per heavy atom. The van der Waals surface area contributed by atoms with Crippen LogP contribution in [-0.2, 0) is 9.59 Å². The third-order valence-electron chi connectivity index (χ3n) is 3.03. The lowest BCUT2D eigenvalue weighted by Gasteiger charge is -2.28. The fraction of sp³-hybridized carbons (Fsp3) is 0.818. The number of nitrogens with one attached hydrogen (secondary N) is 2. The minimum atomic E-state index is -1.10. The number of carbonyl (C=O) groups excluding carboxylic acids is 1. The van der Waals surface area contributed by atoms with Gasteiger partial charge in [0.05, 0.1) is 0 Å². The summed E-state index contributed by atoms with van der Waals surface area (Å²) in [6.45, 7) is 2.53. The molecule has 0 spiro atoms. The van der Waals surface area contributed by atoms with E-state index in [2.05, 4.69) is 10.6 Å². The Morgan fingerprint density at radius 2 is 2.24 bits per heavy atom. The molecular weight excluding hydrogens is 224 g/mol. The summed E-state index contributed by atoms with van der Waals surface area (Å²) in [5.74, 6) is -1.46. The predicted octanol–water partition coefficient (Wildman–Crippen LogP) is -0.674. The van der Waals surface area contributed by atoms with E-state index in [0.29, 0.717) is 0 Å². The molecule has 1 saturated heterocycles. The average Bonchev–Trinajstić information content (AvgIpc) is 2.28. The van der Waals surface area contributed by atoms with Crippen LogP contribution in [0.5, 0.6) is 0 Å². The molecular formula is C11H20N2O4. The fourth-order valence-corrected chi connectivity index (χ4v) is 2.05. The Morgan fingerprint density at radius 1 is 1.53 bits per heavy atom. The van der Waals surface area contributed by atoms with Gasteiger partial charge in [0, 0.05) is 25.0 Å². The number of carbonyl (C=O) groups is 2. The molecule has 0 bridgehead atoms. The molecule has 6 heteroatoms. The van der Waals surface area contributed by atoms with Crippen LogP contribution in [0.1, 0.15) is 26.2 Å². The lowest BCUT2D eigenvalue weighted by molar-refractivity contribution is -0.143. The third kappa shape index (κ3) is 4.32. The summed E-state index contributed by atoms with van der Waals surface area (Å²) in [7, 11) is 0. The van der Waals surface area contributed by atoms with Gasteiger partial charge in [-0.25, -0.2) is 4.79 Å². The molecule has 3 atom stereocenters. The first-order valence-electron chi connectivity index (χ1n) is 5.92. The highest BCUT2D eigenvalue weighted by atomic mass is 16.4. The van der Waals surface area contributed by atoms with Gasteiger partial charge in [-0.3, -0.25) is 4.79 Å². The van der Waals surface area contributed by atoms with Crippen LogP contribution in [0.4, 0.5) is 0 Å². The van der Waals surface area contributed by atoms with E-state index in [0.717, 1.165) is 19.4 Å². The quantitative estimate of drug-likeness (QED) is 0.514. The van der Waals surface area contributed by atoms with Gasteiger partial charge in [-0.1, -0.05) is 0 Å². The predicted molar refractivity (Wildman–Crippen MR) is 61.5 cm³/mol. The first kappa shape index (κ1) is 13.9. The van der Waals surface area contributed by atoms with Gasteiger partial charge in [0.1, 0.15) is 6.04 Å². The number of carboxylic acid groups (broad SMARTS) is 1. The Hall–Kier alpha value is -1.14. The second kappa shape index (κ2) is 6.56. The van der Waals surface area contributed by atoms with Crippen LogP contribution < -0.4 is 10.6 Å². The molecule has 1 heterocycles. The Bertz CT molecular complexity index is 283. The summed E-state index contributed by atoms with van der Waals surface area (Å²) in [4.78, 5) is 22.7. The van der Waals surface area contributed by atoms with Crippen LogP contribution in [0.2, 0.25) is 0 Å². The first-order valence-corrected chi connectivity index (χ1v) is 5.92. The molecule has 0 aliphatic carbocycles. The molecule has 1 aliphatic heterocycles. The van der Waals surface area contributed by atoms with Crippen molar-refractivity contribution in [1.82, 2.24) is 10.6 Å². The van der Waals surface area contributed by atoms with Crippen molar-refractivity contribution in [1.29, 1.82) is 0 Å². The van der Waals surface area contributed by atoms with Crippen molar-refractivity contribution < 1.29 is 19.8 Å². The molecule has 1 amide bonds. The Balaban J connectivity index is 2.48. The van der Waals surface area contributed by atoms with Gasteiger partial charge >= 0.3 is 5.97 Å². The topological polar surface area (TPSA) is 98.7 Å². The van der Waals surface area contributed by atoms with E-state index < -0.39 is 12.0 Å². The number of rotatable bonds is 5. The Labute approximate surface area is 100 Å². The van der Waals surface area contributed by atoms with E-state index in [9.17, 15) is 9.59 Å². The van der Waals surface area contributed by atoms with Crippen molar-refractivity contribution in [3.63, 3.8) is 0 Å². The summed E-state index contributed by atoms with van der Waals surface area (Å²) in [6, 6.07) is -0.710. The molecule has 0 aromatic heterocycles. The maximum absolute atomic E-state index is 11.8. The van der Waals surface area contributed by atoms with Crippen LogP contribution in [0.15, 0.2) is 0 Å². The van der Waals surface area contributed by atoms with Crippen molar-refractivity contribution in [3.8, 4) is 0 Å². The normalized spacial score (nSPS) is 26.2. The van der Waals surface area contributed by atoms with Crippen molar-refractivity contribution in [2.75, 3.05) is 13.2 Å². The van der Waals surface area contributed by atoms with Gasteiger partial charge in [-0.15, -0.1) is 0 Å². The molecule has 2 unspecified atom stereocenters. The number of amides is 1. The van der Waals surface area contributed by atoms with Crippen molar-refractivity contribution in [2.24, 2.45) is 5.92 Å². The standard InChI is InChI=1S/C11H20N2O4/c1-7-6-8(2-4-12-7)10(15)13-9(3-5-14)11(16)17/h7-9,12,14H,2-6H2,1H3,(H,13,15)(H,16,17)/t7?,8?,9-/m0/s1. The van der Waals surface area contributed by atoms with Crippen LogP contribution >= 0.6 is 0 Å². The van der Waals surface area contributed by atoms with E-state index in [1.54, 1.807) is 0 Å². The fourth-order valence-electron chi connectivity index (χ4n) is 2.05. The minimum Gasteiger partial charge on any atom is -0.480 e. The van der Waals surface area contributed by atoms with Gasteiger partial charge in [0.15, 0.2) is 0 Å². The zero-order valence-electron chi connectivity index (χ0n) is 9.98. The smallest absolute Gasteiger partial charge is 0.326 e. The number of hydrogen-bond acceptors (Lipinski definition) is 4. The number of aliphatic carboxylic acids is 1. The second-order valence-electron chi connectivity index (χ2n) is 4.49. The lowest BCUT2D eigenvalue weighted by atomic mass is 9.92. The maximum atomic E-state index is 11.8. The maximum Gasteiger partial charge on any atom is 0.326 e. The number of carboxylic acids is 1. The van der Waals surface area contributed by atoms with Crippen molar-refractivity contribution in [3.05, 3.63) is 0 Å². The zero-order chi connectivity index (χ0) is 12.8. The molecule has 1 aliphatic rings. The SMILES string of the molecule is CC1CC(C(=O)N[C@@H](CCO)C(=O)O)CCN1. The minimum absolute atomic E-state index is 0.0433. The molecule has 1 fully saturated rings. The highest BCUT2D eigenvalue weighted by Crippen LogP contribution is 2.16.